The molecule has 0 amide bonds. The molecule has 0 saturated carbocycles. The molecule has 14 nitrogen and oxygen atoms in total. The Morgan fingerprint density at radius 3 is 1.95 bits per heavy atom. The number of carbonyl (C=O) groups is 1. The van der Waals surface area contributed by atoms with Crippen molar-refractivity contribution in [3.63, 3.8) is 0 Å². The summed E-state index contributed by atoms with van der Waals surface area (Å²) in [7, 11) is 14.3. The second kappa shape index (κ2) is 20.4. The molecule has 0 aliphatic carbocycles. The highest BCUT2D eigenvalue weighted by Gasteiger charge is 2.46. The van der Waals surface area contributed by atoms with Gasteiger partial charge in [-0.05, 0) is 134 Å². The number of ether oxygens (including phenoxy) is 11. The van der Waals surface area contributed by atoms with Crippen LogP contribution in [0.25, 0.3) is 0 Å². The number of rotatable bonds is 7. The topological polar surface area (TPSA) is 125 Å². The predicted octanol–water partition coefficient (Wildman–Crippen LogP) is 10.9. The van der Waals surface area contributed by atoms with E-state index in [4.69, 9.17) is 52.1 Å². The van der Waals surface area contributed by atoms with Gasteiger partial charge in [-0.1, -0.05) is 32.0 Å². The second-order valence-electron chi connectivity index (χ2n) is 20.5. The molecule has 5 unspecified atom stereocenters. The van der Waals surface area contributed by atoms with Gasteiger partial charge in [0.2, 0.25) is 5.75 Å². The number of hydrogen-bond donors (Lipinski definition) is 0. The van der Waals surface area contributed by atoms with E-state index in [0.29, 0.717) is 81.3 Å². The molecule has 392 valence electrons. The maximum atomic E-state index is 13.5. The third-order valence-electron chi connectivity index (χ3n) is 15.9. The van der Waals surface area contributed by atoms with Gasteiger partial charge in [-0.3, -0.25) is 14.6 Å². The number of benzene rings is 6. The van der Waals surface area contributed by atoms with Gasteiger partial charge in [0.1, 0.15) is 41.8 Å². The highest BCUT2D eigenvalue weighted by atomic mass is 16.6. The van der Waals surface area contributed by atoms with E-state index in [-0.39, 0.29) is 30.1 Å². The van der Waals surface area contributed by atoms with E-state index in [1.807, 2.05) is 36.4 Å². The molecule has 6 aromatic carbocycles. The van der Waals surface area contributed by atoms with Crippen LogP contribution in [0.15, 0.2) is 84.9 Å². The maximum absolute atomic E-state index is 13.5. The SMILES string of the molecule is COc1cc2c(cc1OC)C1C(=O)c3ccc4c(c3OC1CO2)CC(C(C)C)O4.COc1ccc2cc1Oc1ccc(cc1)CC1c3cc(c(OC)cc3CCN1C)Oc1c(OC)c(OC)cc3c1C(C2)N(C)CC3. The predicted molar refractivity (Wildman–Crippen MR) is 284 cm³/mol. The largest absolute Gasteiger partial charge is 0.493 e. The van der Waals surface area contributed by atoms with Gasteiger partial charge in [0.25, 0.3) is 0 Å². The van der Waals surface area contributed by atoms with Crippen LogP contribution in [0, 0.1) is 5.92 Å². The lowest BCUT2D eigenvalue weighted by atomic mass is 9.81. The second-order valence-corrected chi connectivity index (χ2v) is 20.5. The highest BCUT2D eigenvalue weighted by Crippen LogP contribution is 2.53. The van der Waals surface area contributed by atoms with Crippen molar-refractivity contribution in [1.29, 1.82) is 0 Å². The summed E-state index contributed by atoms with van der Waals surface area (Å²) in [6.45, 7) is 6.44. The smallest absolute Gasteiger partial charge is 0.204 e. The number of carbonyl (C=O) groups excluding carboxylic acids is 1. The van der Waals surface area contributed by atoms with Crippen molar-refractivity contribution in [2.45, 2.75) is 76.2 Å². The van der Waals surface area contributed by atoms with Gasteiger partial charge in [0, 0.05) is 54.4 Å². The van der Waals surface area contributed by atoms with Crippen LogP contribution in [-0.4, -0.2) is 104 Å². The van der Waals surface area contributed by atoms with E-state index in [1.54, 1.807) is 48.7 Å². The summed E-state index contributed by atoms with van der Waals surface area (Å²) < 4.78 is 66.3. The number of hydrogen-bond acceptors (Lipinski definition) is 14. The van der Waals surface area contributed by atoms with Crippen molar-refractivity contribution < 1.29 is 56.9 Å². The Labute approximate surface area is 439 Å². The van der Waals surface area contributed by atoms with Crippen LogP contribution in [0.1, 0.15) is 86.7 Å². The first-order chi connectivity index (χ1) is 36.4. The molecule has 6 bridgehead atoms. The van der Waals surface area contributed by atoms with Crippen LogP contribution >= 0.6 is 0 Å². The minimum atomic E-state index is -0.438. The molecule has 7 heterocycles. The zero-order chi connectivity index (χ0) is 52.2. The molecule has 75 heavy (non-hydrogen) atoms. The third-order valence-corrected chi connectivity index (χ3v) is 15.9. The number of Topliss-reactive ketones (excluding diaryl/α,β-unsaturated/α-hetero) is 1. The van der Waals surface area contributed by atoms with Gasteiger partial charge in [-0.15, -0.1) is 0 Å². The van der Waals surface area contributed by atoms with Crippen LogP contribution in [0.3, 0.4) is 0 Å². The standard InChI is InChI=1S/C38H42N2O6.C23H24O6/c1-39-15-13-25-20-32(42-4)34-22-28(25)29(39)17-23-7-10-27(11-8-23)45-33-19-24(9-12-31(33)41-3)18-30-36-26(14-16-40(30)2)21-35(43-5)37(44-6)38(36)46-34;1-11(2)16-8-14-15(28-16)6-5-12-22(24)21-13-7-18(25-3)19(26-4)9-17(13)27-10-20(21)29-23(12)14/h7-12,19-22,29-30H,13-18H2,1-6H3;5-7,9,11,16,20-21H,8,10H2,1-4H3. The first kappa shape index (κ1) is 49.9. The Kier molecular flexibility index (Phi) is 13.6. The number of methoxy groups -OCH3 is 6. The first-order valence-corrected chi connectivity index (χ1v) is 25.8. The number of fused-ring (bicyclic) bond motifs is 8. The van der Waals surface area contributed by atoms with Crippen molar-refractivity contribution in [2.75, 3.05) is 76.5 Å². The maximum Gasteiger partial charge on any atom is 0.204 e. The van der Waals surface area contributed by atoms with E-state index in [1.165, 1.54) is 22.3 Å². The van der Waals surface area contributed by atoms with Crippen molar-refractivity contribution in [3.8, 4) is 74.7 Å². The summed E-state index contributed by atoms with van der Waals surface area (Å²) in [5.41, 5.74) is 9.53. The van der Waals surface area contributed by atoms with E-state index in [2.05, 4.69) is 80.2 Å². The monoisotopic (exact) mass is 1020 g/mol. The summed E-state index contributed by atoms with van der Waals surface area (Å²) in [4.78, 5) is 18.3. The molecule has 7 aliphatic heterocycles. The normalized spacial score (nSPS) is 20.9. The first-order valence-electron chi connectivity index (χ1n) is 25.8. The number of ketones is 1. The molecular weight excluding hydrogens is 953 g/mol. The molecule has 14 heteroatoms. The van der Waals surface area contributed by atoms with Crippen LogP contribution in [0.2, 0.25) is 0 Å². The molecule has 0 aromatic heterocycles. The molecule has 0 fully saturated rings. The summed E-state index contributed by atoms with van der Waals surface area (Å²) in [5.74, 6) is 8.65. The average Bonchev–Trinajstić information content (AvgIpc) is 3.89. The van der Waals surface area contributed by atoms with Gasteiger partial charge in [0.05, 0.1) is 54.1 Å². The summed E-state index contributed by atoms with van der Waals surface area (Å²) in [5, 5.41) is 0. The fraction of sp³-hybridized carbons (Fsp3) is 0.393. The van der Waals surface area contributed by atoms with E-state index in [9.17, 15) is 4.79 Å². The fourth-order valence-electron chi connectivity index (χ4n) is 11.7. The fourth-order valence-corrected chi connectivity index (χ4v) is 11.7. The number of likely N-dealkylation sites (N-methyl/N-ethyl adjacent to an activating group) is 2. The van der Waals surface area contributed by atoms with Gasteiger partial charge in [0.15, 0.2) is 51.8 Å². The average molecular weight is 1020 g/mol. The molecule has 7 aliphatic rings. The Morgan fingerprint density at radius 1 is 0.560 bits per heavy atom. The van der Waals surface area contributed by atoms with Gasteiger partial charge < -0.3 is 52.1 Å². The van der Waals surface area contributed by atoms with Gasteiger partial charge >= 0.3 is 0 Å². The quantitative estimate of drug-likeness (QED) is 0.151. The highest BCUT2D eigenvalue weighted by molar-refractivity contribution is 6.06. The Bertz CT molecular complexity index is 3150. The van der Waals surface area contributed by atoms with Crippen molar-refractivity contribution in [1.82, 2.24) is 9.80 Å². The minimum Gasteiger partial charge on any atom is -0.493 e. The van der Waals surface area contributed by atoms with Crippen LogP contribution in [0.5, 0.6) is 74.7 Å². The van der Waals surface area contributed by atoms with Gasteiger partial charge in [-0.25, -0.2) is 0 Å². The van der Waals surface area contributed by atoms with Crippen molar-refractivity contribution in [3.05, 3.63) is 135 Å². The Morgan fingerprint density at radius 2 is 1.23 bits per heavy atom. The molecule has 0 saturated heterocycles. The van der Waals surface area contributed by atoms with Gasteiger partial charge in [-0.2, -0.15) is 0 Å². The molecule has 0 N–H and O–H groups in total. The lowest BCUT2D eigenvalue weighted by Crippen LogP contribution is -2.43. The zero-order valence-corrected chi connectivity index (χ0v) is 44.5. The molecule has 5 atom stereocenters. The van der Waals surface area contributed by atoms with Crippen molar-refractivity contribution in [2.24, 2.45) is 5.92 Å². The summed E-state index contributed by atoms with van der Waals surface area (Å²) in [6, 6.07) is 28.5. The lowest BCUT2D eigenvalue weighted by molar-refractivity contribution is 0.0554. The lowest BCUT2D eigenvalue weighted by Gasteiger charge is -2.37. The molecule has 6 aromatic rings. The van der Waals surface area contributed by atoms with Crippen LogP contribution in [-0.2, 0) is 32.1 Å². The van der Waals surface area contributed by atoms with Crippen LogP contribution in [0.4, 0.5) is 0 Å². The van der Waals surface area contributed by atoms with E-state index >= 15 is 0 Å². The van der Waals surface area contributed by atoms with E-state index in [0.717, 1.165) is 78.9 Å². The van der Waals surface area contributed by atoms with Crippen LogP contribution < -0.4 is 52.1 Å². The Balaban J connectivity index is 0.000000178. The van der Waals surface area contributed by atoms with Crippen molar-refractivity contribution >= 4 is 5.78 Å². The molecule has 0 spiro atoms. The summed E-state index contributed by atoms with van der Waals surface area (Å²) in [6.07, 6.45) is 3.85. The van der Waals surface area contributed by atoms with E-state index < -0.39 is 5.92 Å². The molecule has 13 rings (SSSR count). The molecular formula is C61H66N2O12. The Hall–Kier alpha value is -7.29. The third kappa shape index (κ3) is 9.05. The summed E-state index contributed by atoms with van der Waals surface area (Å²) >= 11 is 0. The molecule has 0 radical (unpaired) electrons. The minimum absolute atomic E-state index is 0.000437. The number of nitrogens with zero attached hydrogens (tertiary/aromatic N) is 2. The zero-order valence-electron chi connectivity index (χ0n) is 44.5.